The van der Waals surface area contributed by atoms with E-state index >= 15 is 0 Å². The molecule has 0 heterocycles. The highest BCUT2D eigenvalue weighted by Crippen LogP contribution is 2.28. The van der Waals surface area contributed by atoms with Crippen molar-refractivity contribution in [2.45, 2.75) is 13.0 Å². The van der Waals surface area contributed by atoms with E-state index in [0.29, 0.717) is 5.69 Å². The highest BCUT2D eigenvalue weighted by molar-refractivity contribution is 5.93. The van der Waals surface area contributed by atoms with Gasteiger partial charge in [0.25, 0.3) is 11.6 Å². The summed E-state index contributed by atoms with van der Waals surface area (Å²) in [4.78, 5) is 34.5. The van der Waals surface area contributed by atoms with E-state index < -0.39 is 22.9 Å². The molecule has 0 radical (unpaired) electrons. The van der Waals surface area contributed by atoms with E-state index in [9.17, 15) is 19.7 Å². The van der Waals surface area contributed by atoms with Crippen LogP contribution in [0.2, 0.25) is 0 Å². The second-order valence-corrected chi connectivity index (χ2v) is 4.30. The maximum absolute atomic E-state index is 11.7. The number of nitrogens with zero attached hydrogens (tertiary/aromatic N) is 2. The smallest absolute Gasteiger partial charge is 0.339 e. The first-order chi connectivity index (χ1) is 9.23. The summed E-state index contributed by atoms with van der Waals surface area (Å²) in [7, 11) is 3.30. The Morgan fingerprint density at radius 2 is 2.00 bits per heavy atom. The van der Waals surface area contributed by atoms with Gasteiger partial charge in [-0.2, -0.15) is 0 Å². The van der Waals surface area contributed by atoms with Crippen molar-refractivity contribution in [2.75, 3.05) is 19.0 Å². The van der Waals surface area contributed by atoms with Crippen LogP contribution in [0.25, 0.3) is 0 Å². The van der Waals surface area contributed by atoms with Crippen LogP contribution in [0.1, 0.15) is 17.3 Å². The summed E-state index contributed by atoms with van der Waals surface area (Å²) in [6, 6.07) is 3.92. The monoisotopic (exact) mass is 281 g/mol. The van der Waals surface area contributed by atoms with E-state index in [0.717, 1.165) is 6.07 Å². The molecule has 108 valence electrons. The molecule has 0 aliphatic heterocycles. The van der Waals surface area contributed by atoms with Gasteiger partial charge in [-0.05, 0) is 19.1 Å². The highest BCUT2D eigenvalue weighted by atomic mass is 16.6. The van der Waals surface area contributed by atoms with Crippen molar-refractivity contribution in [1.82, 2.24) is 0 Å². The van der Waals surface area contributed by atoms with Crippen molar-refractivity contribution in [3.05, 3.63) is 33.9 Å². The molecule has 0 saturated carbocycles. The van der Waals surface area contributed by atoms with Crippen molar-refractivity contribution in [3.63, 3.8) is 0 Å². The van der Waals surface area contributed by atoms with Gasteiger partial charge in [0, 0.05) is 20.2 Å². The summed E-state index contributed by atoms with van der Waals surface area (Å²) in [5, 5.41) is 11.0. The third-order valence-electron chi connectivity index (χ3n) is 2.57. The predicted octanol–water partition coefficient (Wildman–Crippen LogP) is 0.691. The van der Waals surface area contributed by atoms with Crippen molar-refractivity contribution in [3.8, 4) is 0 Å². The molecule has 1 aromatic rings. The molecule has 8 heteroatoms. The molecule has 1 amide bonds. The average molecular weight is 281 g/mol. The lowest BCUT2D eigenvalue weighted by atomic mass is 10.1. The first-order valence-electron chi connectivity index (χ1n) is 5.70. The zero-order valence-corrected chi connectivity index (χ0v) is 11.3. The second-order valence-electron chi connectivity index (χ2n) is 4.30. The maximum Gasteiger partial charge on any atom is 0.339 e. The number of carbonyl (C=O) groups is 2. The third-order valence-corrected chi connectivity index (χ3v) is 2.57. The average Bonchev–Trinajstić information content (AvgIpc) is 2.37. The van der Waals surface area contributed by atoms with Crippen molar-refractivity contribution < 1.29 is 19.2 Å². The number of anilines is 1. The molecule has 0 unspecified atom stereocenters. The number of amides is 1. The van der Waals surface area contributed by atoms with Crippen LogP contribution in [-0.4, -0.2) is 37.0 Å². The number of hydrogen-bond donors (Lipinski definition) is 1. The predicted molar refractivity (Wildman–Crippen MR) is 71.5 cm³/mol. The van der Waals surface area contributed by atoms with Gasteiger partial charge in [-0.25, -0.2) is 4.79 Å². The molecule has 0 aliphatic rings. The van der Waals surface area contributed by atoms with Crippen LogP contribution in [0.15, 0.2) is 18.2 Å². The summed E-state index contributed by atoms with van der Waals surface area (Å²) in [6.07, 6.45) is -1.10. The number of hydrogen-bond acceptors (Lipinski definition) is 6. The van der Waals surface area contributed by atoms with E-state index in [2.05, 4.69) is 0 Å². The summed E-state index contributed by atoms with van der Waals surface area (Å²) in [5.41, 5.74) is 5.09. The minimum atomic E-state index is -1.10. The Morgan fingerprint density at radius 1 is 1.40 bits per heavy atom. The number of rotatable bonds is 5. The summed E-state index contributed by atoms with van der Waals surface area (Å²) < 4.78 is 4.78. The Bertz CT molecular complexity index is 556. The Hall–Kier alpha value is -2.64. The maximum atomic E-state index is 11.7. The minimum absolute atomic E-state index is 0.0181. The molecular formula is C12H15N3O5. The van der Waals surface area contributed by atoms with Crippen molar-refractivity contribution in [2.24, 2.45) is 5.73 Å². The third kappa shape index (κ3) is 3.44. The zero-order valence-electron chi connectivity index (χ0n) is 11.3. The molecule has 0 saturated heterocycles. The Labute approximate surface area is 115 Å². The van der Waals surface area contributed by atoms with Gasteiger partial charge in [-0.3, -0.25) is 14.9 Å². The fourth-order valence-corrected chi connectivity index (χ4v) is 1.46. The molecule has 2 N–H and O–H groups in total. The summed E-state index contributed by atoms with van der Waals surface area (Å²) in [5.74, 6) is -1.64. The molecule has 0 fully saturated rings. The van der Waals surface area contributed by atoms with E-state index in [1.165, 1.54) is 19.1 Å². The fourth-order valence-electron chi connectivity index (χ4n) is 1.46. The van der Waals surface area contributed by atoms with E-state index in [1.807, 2.05) is 0 Å². The molecule has 1 atom stereocenters. The SMILES string of the molecule is C[C@H](OC(=O)c1ccc(N(C)C)c([N+](=O)[O-])c1)C(N)=O. The molecule has 1 aromatic carbocycles. The van der Waals surface area contributed by atoms with Crippen LogP contribution in [0.5, 0.6) is 0 Å². The minimum Gasteiger partial charge on any atom is -0.449 e. The van der Waals surface area contributed by atoms with Crippen LogP contribution in [0, 0.1) is 10.1 Å². The van der Waals surface area contributed by atoms with Crippen LogP contribution in [-0.2, 0) is 9.53 Å². The summed E-state index contributed by atoms with van der Waals surface area (Å²) in [6.45, 7) is 1.32. The van der Waals surface area contributed by atoms with E-state index in [1.54, 1.807) is 19.0 Å². The highest BCUT2D eigenvalue weighted by Gasteiger charge is 2.21. The van der Waals surface area contributed by atoms with Crippen LogP contribution in [0.3, 0.4) is 0 Å². The van der Waals surface area contributed by atoms with Gasteiger partial charge < -0.3 is 15.4 Å². The molecule has 0 aliphatic carbocycles. The lowest BCUT2D eigenvalue weighted by Crippen LogP contribution is -2.30. The quantitative estimate of drug-likeness (QED) is 0.482. The molecular weight excluding hydrogens is 266 g/mol. The standard InChI is InChI=1S/C12H15N3O5/c1-7(11(13)16)20-12(17)8-4-5-9(14(2)3)10(6-8)15(18)19/h4-7H,1-3H3,(H2,13,16)/t7-/m0/s1. The first kappa shape index (κ1) is 15.4. The molecule has 0 spiro atoms. The Kier molecular flexibility index (Phi) is 4.63. The number of esters is 1. The van der Waals surface area contributed by atoms with Crippen molar-refractivity contribution >= 4 is 23.3 Å². The second kappa shape index (κ2) is 6.00. The Balaban J connectivity index is 3.09. The summed E-state index contributed by atoms with van der Waals surface area (Å²) >= 11 is 0. The number of benzene rings is 1. The number of carbonyl (C=O) groups excluding carboxylic acids is 2. The zero-order chi connectivity index (χ0) is 15.4. The molecule has 1 rings (SSSR count). The van der Waals surface area contributed by atoms with Gasteiger partial charge >= 0.3 is 5.97 Å². The molecule has 20 heavy (non-hydrogen) atoms. The number of primary amides is 1. The topological polar surface area (TPSA) is 116 Å². The van der Waals surface area contributed by atoms with Gasteiger partial charge in [-0.15, -0.1) is 0 Å². The molecule has 8 nitrogen and oxygen atoms in total. The van der Waals surface area contributed by atoms with E-state index in [4.69, 9.17) is 10.5 Å². The van der Waals surface area contributed by atoms with Gasteiger partial charge in [0.1, 0.15) is 5.69 Å². The van der Waals surface area contributed by atoms with Crippen LogP contribution in [0.4, 0.5) is 11.4 Å². The molecule has 0 aromatic heterocycles. The van der Waals surface area contributed by atoms with E-state index in [-0.39, 0.29) is 11.3 Å². The number of nitro groups is 1. The first-order valence-corrected chi connectivity index (χ1v) is 5.70. The van der Waals surface area contributed by atoms with Gasteiger partial charge in [0.05, 0.1) is 10.5 Å². The van der Waals surface area contributed by atoms with Gasteiger partial charge in [0.2, 0.25) is 0 Å². The Morgan fingerprint density at radius 3 is 2.45 bits per heavy atom. The van der Waals surface area contributed by atoms with Crippen LogP contribution < -0.4 is 10.6 Å². The molecule has 0 bridgehead atoms. The fraction of sp³-hybridized carbons (Fsp3) is 0.333. The van der Waals surface area contributed by atoms with Crippen LogP contribution >= 0.6 is 0 Å². The normalized spacial score (nSPS) is 11.6. The number of nitrogens with two attached hydrogens (primary N) is 1. The number of nitro benzene ring substituents is 1. The number of ether oxygens (including phenoxy) is 1. The van der Waals surface area contributed by atoms with Gasteiger partial charge in [0.15, 0.2) is 6.10 Å². The lowest BCUT2D eigenvalue weighted by Gasteiger charge is -2.14. The van der Waals surface area contributed by atoms with Gasteiger partial charge in [-0.1, -0.05) is 0 Å². The largest absolute Gasteiger partial charge is 0.449 e. The van der Waals surface area contributed by atoms with Crippen molar-refractivity contribution in [1.29, 1.82) is 0 Å². The lowest BCUT2D eigenvalue weighted by molar-refractivity contribution is -0.384.